The highest BCUT2D eigenvalue weighted by Gasteiger charge is 2.69. The Kier molecular flexibility index (Phi) is 13.1. The number of Topliss-reactive ketones (excluding diaryl/α,β-unsaturated/α-hetero) is 1. The quantitative estimate of drug-likeness (QED) is 0.183. The molecule has 0 bridgehead atoms. The second kappa shape index (κ2) is 16.9. The van der Waals surface area contributed by atoms with Gasteiger partial charge in [-0.3, -0.25) is 24.0 Å². The fourth-order valence-electron chi connectivity index (χ4n) is 7.75. The third-order valence-electron chi connectivity index (χ3n) is 10.6. The van der Waals surface area contributed by atoms with Gasteiger partial charge >= 0.3 is 6.09 Å². The third kappa shape index (κ3) is 10.2. The number of ketones is 1. The Balaban J connectivity index is 1.43. The Morgan fingerprint density at radius 3 is 2.33 bits per heavy atom. The SMILES string of the molecule is C=CCCC(NC(=O)C1C2C(CN1C(=O)C(NC(=O)OC(C)(C)C)C1CCCCC1)C2(C)C)C(=O)C(=O)NCCC(=O)N(C)Cc1ccccc1. The largest absolute Gasteiger partial charge is 0.444 e. The zero-order chi connectivity index (χ0) is 37.5. The molecule has 12 heteroatoms. The number of likely N-dealkylation sites (tertiary alicyclic amines) is 1. The van der Waals surface area contributed by atoms with Gasteiger partial charge in [0.1, 0.15) is 17.7 Å². The number of rotatable bonds is 15. The van der Waals surface area contributed by atoms with Gasteiger partial charge in [-0.05, 0) is 75.2 Å². The van der Waals surface area contributed by atoms with E-state index in [9.17, 15) is 28.8 Å². The molecule has 1 saturated heterocycles. The molecule has 0 aromatic heterocycles. The van der Waals surface area contributed by atoms with Crippen LogP contribution in [0.3, 0.4) is 0 Å². The molecule has 5 unspecified atom stereocenters. The first-order chi connectivity index (χ1) is 24.0. The van der Waals surface area contributed by atoms with Crippen molar-refractivity contribution in [3.8, 4) is 0 Å². The molecular weight excluding hydrogens is 650 g/mol. The first kappa shape index (κ1) is 39.6. The molecular formula is C39H57N5O7. The van der Waals surface area contributed by atoms with Crippen LogP contribution in [0.1, 0.15) is 91.5 Å². The molecule has 0 radical (unpaired) electrons. The van der Waals surface area contributed by atoms with Crippen LogP contribution in [-0.2, 0) is 35.3 Å². The maximum absolute atomic E-state index is 14.4. The van der Waals surface area contributed by atoms with Crippen molar-refractivity contribution in [3.63, 3.8) is 0 Å². The molecule has 12 nitrogen and oxygen atoms in total. The topological polar surface area (TPSA) is 154 Å². The van der Waals surface area contributed by atoms with Gasteiger partial charge in [0, 0.05) is 33.1 Å². The summed E-state index contributed by atoms with van der Waals surface area (Å²) >= 11 is 0. The molecule has 3 N–H and O–H groups in total. The van der Waals surface area contributed by atoms with E-state index in [2.05, 4.69) is 36.4 Å². The first-order valence-corrected chi connectivity index (χ1v) is 18.4. The third-order valence-corrected chi connectivity index (χ3v) is 10.6. The van der Waals surface area contributed by atoms with Gasteiger partial charge in [0.25, 0.3) is 5.91 Å². The Labute approximate surface area is 302 Å². The van der Waals surface area contributed by atoms with E-state index in [4.69, 9.17) is 4.74 Å². The van der Waals surface area contributed by atoms with Crippen LogP contribution in [0.5, 0.6) is 0 Å². The van der Waals surface area contributed by atoms with E-state index in [0.717, 1.165) is 37.7 Å². The molecule has 0 spiro atoms. The molecule has 280 valence electrons. The molecule has 1 aromatic rings. The summed E-state index contributed by atoms with van der Waals surface area (Å²) in [6, 6.07) is 6.65. The van der Waals surface area contributed by atoms with Crippen LogP contribution in [0.2, 0.25) is 0 Å². The summed E-state index contributed by atoms with van der Waals surface area (Å²) in [5, 5.41) is 8.20. The minimum atomic E-state index is -1.15. The number of nitrogens with one attached hydrogen (secondary N) is 3. The van der Waals surface area contributed by atoms with E-state index in [1.165, 1.54) is 0 Å². The zero-order valence-electron chi connectivity index (χ0n) is 31.2. The average Bonchev–Trinajstić information content (AvgIpc) is 3.38. The summed E-state index contributed by atoms with van der Waals surface area (Å²) in [6.45, 7) is 13.9. The van der Waals surface area contributed by atoms with Crippen molar-refractivity contribution in [1.82, 2.24) is 25.8 Å². The fourth-order valence-corrected chi connectivity index (χ4v) is 7.75. The number of alkyl carbamates (subject to hydrolysis) is 1. The zero-order valence-corrected chi connectivity index (χ0v) is 31.2. The molecule has 51 heavy (non-hydrogen) atoms. The Morgan fingerprint density at radius 1 is 1.04 bits per heavy atom. The molecule has 3 aliphatic rings. The summed E-state index contributed by atoms with van der Waals surface area (Å²) in [5.74, 6) is -2.91. The lowest BCUT2D eigenvalue weighted by Crippen LogP contribution is -2.59. The van der Waals surface area contributed by atoms with E-state index < -0.39 is 47.4 Å². The fraction of sp³-hybridized carbons (Fsp3) is 0.641. The number of nitrogens with zero attached hydrogens (tertiary/aromatic N) is 2. The maximum atomic E-state index is 14.4. The van der Waals surface area contributed by atoms with Gasteiger partial charge in [-0.2, -0.15) is 0 Å². The lowest BCUT2D eigenvalue weighted by molar-refractivity contribution is -0.145. The van der Waals surface area contributed by atoms with Crippen LogP contribution >= 0.6 is 0 Å². The minimum Gasteiger partial charge on any atom is -0.444 e. The molecule has 4 rings (SSSR count). The molecule has 1 aromatic carbocycles. The van der Waals surface area contributed by atoms with Gasteiger partial charge in [-0.25, -0.2) is 4.79 Å². The van der Waals surface area contributed by atoms with E-state index in [1.54, 1.807) is 43.7 Å². The van der Waals surface area contributed by atoms with Gasteiger partial charge in [-0.1, -0.05) is 69.5 Å². The van der Waals surface area contributed by atoms with Gasteiger partial charge in [0.05, 0.1) is 6.04 Å². The van der Waals surface area contributed by atoms with Crippen molar-refractivity contribution in [2.75, 3.05) is 20.1 Å². The lowest BCUT2D eigenvalue weighted by atomic mass is 9.83. The van der Waals surface area contributed by atoms with Crippen LogP contribution < -0.4 is 16.0 Å². The summed E-state index contributed by atoms with van der Waals surface area (Å²) in [7, 11) is 1.68. The highest BCUT2D eigenvalue weighted by molar-refractivity contribution is 6.38. The van der Waals surface area contributed by atoms with E-state index in [0.29, 0.717) is 19.5 Å². The number of ether oxygens (including phenoxy) is 1. The number of hydrogen-bond acceptors (Lipinski definition) is 7. The smallest absolute Gasteiger partial charge is 0.408 e. The molecule has 1 heterocycles. The van der Waals surface area contributed by atoms with Crippen molar-refractivity contribution < 1.29 is 33.5 Å². The van der Waals surface area contributed by atoms with Crippen molar-refractivity contribution in [3.05, 3.63) is 48.6 Å². The Morgan fingerprint density at radius 2 is 1.71 bits per heavy atom. The Bertz CT molecular complexity index is 1450. The molecule has 1 aliphatic heterocycles. The number of allylic oxidation sites excluding steroid dienone is 1. The van der Waals surface area contributed by atoms with Gasteiger partial charge < -0.3 is 30.5 Å². The summed E-state index contributed by atoms with van der Waals surface area (Å²) in [5.41, 5.74) is 0.0238. The van der Waals surface area contributed by atoms with Crippen LogP contribution in [-0.4, -0.2) is 89.2 Å². The first-order valence-electron chi connectivity index (χ1n) is 18.4. The van der Waals surface area contributed by atoms with E-state index in [-0.39, 0.29) is 54.4 Å². The highest BCUT2D eigenvalue weighted by Crippen LogP contribution is 2.65. The molecule has 2 saturated carbocycles. The summed E-state index contributed by atoms with van der Waals surface area (Å²) < 4.78 is 5.52. The number of hydrogen-bond donors (Lipinski definition) is 3. The predicted molar refractivity (Wildman–Crippen MR) is 193 cm³/mol. The van der Waals surface area contributed by atoms with Crippen molar-refractivity contribution in [1.29, 1.82) is 0 Å². The second-order valence-electron chi connectivity index (χ2n) is 15.9. The Hall–Kier alpha value is -4.22. The predicted octanol–water partition coefficient (Wildman–Crippen LogP) is 4.13. The van der Waals surface area contributed by atoms with Crippen LogP contribution in [0, 0.1) is 23.2 Å². The van der Waals surface area contributed by atoms with Crippen LogP contribution in [0.4, 0.5) is 4.79 Å². The van der Waals surface area contributed by atoms with E-state index >= 15 is 0 Å². The average molecular weight is 708 g/mol. The van der Waals surface area contributed by atoms with Gasteiger partial charge in [0.2, 0.25) is 23.5 Å². The van der Waals surface area contributed by atoms with Gasteiger partial charge in [0.15, 0.2) is 0 Å². The molecule has 5 amide bonds. The van der Waals surface area contributed by atoms with E-state index in [1.807, 2.05) is 30.3 Å². The highest BCUT2D eigenvalue weighted by atomic mass is 16.6. The van der Waals surface area contributed by atoms with Crippen LogP contribution in [0.15, 0.2) is 43.0 Å². The molecule has 5 atom stereocenters. The number of carbonyl (C=O) groups is 6. The monoisotopic (exact) mass is 707 g/mol. The number of amides is 5. The summed E-state index contributed by atoms with van der Waals surface area (Å²) in [6.07, 6.45) is 5.94. The van der Waals surface area contributed by atoms with Crippen molar-refractivity contribution >= 4 is 35.5 Å². The summed E-state index contributed by atoms with van der Waals surface area (Å²) in [4.78, 5) is 83.7. The number of carbonyl (C=O) groups excluding carboxylic acids is 6. The number of piperidine rings is 1. The van der Waals surface area contributed by atoms with Gasteiger partial charge in [-0.15, -0.1) is 6.58 Å². The number of fused-ring (bicyclic) bond motifs is 1. The lowest BCUT2D eigenvalue weighted by Gasteiger charge is -2.37. The van der Waals surface area contributed by atoms with Crippen molar-refractivity contribution in [2.24, 2.45) is 23.2 Å². The standard InChI is InChI=1S/C39H57N5O7/c1-8-9-20-28(33(46)35(48)40-22-21-29(45)43(7)23-25-16-12-10-13-17-25)41-34(47)32-30-27(39(30,5)6)24-44(32)36(49)31(26-18-14-11-15-19-26)42-37(50)51-38(2,3)4/h8,10,12-13,16-17,26-28,30-32H,1,9,11,14-15,18-24H2,2-7H3,(H,40,48)(H,41,47)(H,42,50). The maximum Gasteiger partial charge on any atom is 0.408 e. The normalized spacial score (nSPS) is 22.1. The molecule has 2 aliphatic carbocycles. The van der Waals surface area contributed by atoms with Crippen LogP contribution in [0.25, 0.3) is 0 Å². The number of benzene rings is 1. The second-order valence-corrected chi connectivity index (χ2v) is 15.9. The minimum absolute atomic E-state index is 0.00280. The van der Waals surface area contributed by atoms with Crippen molar-refractivity contribution in [2.45, 2.75) is 116 Å². The molecule has 3 fully saturated rings.